The summed E-state index contributed by atoms with van der Waals surface area (Å²) in [5.41, 5.74) is 7.76. The van der Waals surface area contributed by atoms with Crippen LogP contribution in [0.4, 0.5) is 5.69 Å². The van der Waals surface area contributed by atoms with Gasteiger partial charge in [-0.05, 0) is 50.2 Å². The smallest absolute Gasteiger partial charge is 0.340 e. The van der Waals surface area contributed by atoms with Crippen LogP contribution in [0.2, 0.25) is 0 Å². The van der Waals surface area contributed by atoms with Gasteiger partial charge in [0.25, 0.3) is 0 Å². The third kappa shape index (κ3) is 2.84. The van der Waals surface area contributed by atoms with E-state index in [1.807, 2.05) is 19.1 Å². The highest BCUT2D eigenvalue weighted by molar-refractivity contribution is 5.96. The first-order chi connectivity index (χ1) is 8.58. The number of nitrogens with two attached hydrogens (primary N) is 1. The van der Waals surface area contributed by atoms with Crippen LogP contribution in [0.5, 0.6) is 0 Å². The summed E-state index contributed by atoms with van der Waals surface area (Å²) in [5, 5.41) is 0. The number of ether oxygens (including phenoxy) is 1. The van der Waals surface area contributed by atoms with E-state index >= 15 is 0 Å². The molecule has 0 bridgehead atoms. The van der Waals surface area contributed by atoms with Gasteiger partial charge in [0.2, 0.25) is 0 Å². The van der Waals surface area contributed by atoms with E-state index in [0.29, 0.717) is 11.3 Å². The maximum atomic E-state index is 12.1. The van der Waals surface area contributed by atoms with Crippen LogP contribution in [0.25, 0.3) is 0 Å². The molecule has 0 saturated heterocycles. The topological polar surface area (TPSA) is 52.3 Å². The molecule has 0 unspecified atom stereocenters. The van der Waals surface area contributed by atoms with Crippen LogP contribution in [-0.2, 0) is 4.74 Å². The number of nitrogen functional groups attached to an aromatic ring is 1. The Morgan fingerprint density at radius 3 is 2.56 bits per heavy atom. The van der Waals surface area contributed by atoms with Gasteiger partial charge in [-0.15, -0.1) is 0 Å². The first-order valence-corrected chi connectivity index (χ1v) is 6.64. The van der Waals surface area contributed by atoms with Crippen LogP contribution < -0.4 is 5.73 Å². The molecule has 0 heterocycles. The Labute approximate surface area is 108 Å². The van der Waals surface area contributed by atoms with Crippen LogP contribution in [0.15, 0.2) is 18.2 Å². The molecule has 18 heavy (non-hydrogen) atoms. The molecule has 0 atom stereocenters. The lowest BCUT2D eigenvalue weighted by atomic mass is 9.89. The molecule has 1 aromatic rings. The van der Waals surface area contributed by atoms with Crippen LogP contribution in [0, 0.1) is 12.8 Å². The Morgan fingerprint density at radius 1 is 1.28 bits per heavy atom. The number of hydrogen-bond acceptors (Lipinski definition) is 3. The van der Waals surface area contributed by atoms with Crippen molar-refractivity contribution in [1.29, 1.82) is 0 Å². The fourth-order valence-corrected chi connectivity index (χ4v) is 2.53. The fraction of sp³-hybridized carbons (Fsp3) is 0.533. The van der Waals surface area contributed by atoms with Crippen LogP contribution >= 0.6 is 0 Å². The van der Waals surface area contributed by atoms with E-state index in [1.165, 1.54) is 0 Å². The molecule has 1 aliphatic rings. The molecule has 0 aromatic heterocycles. The molecular weight excluding hydrogens is 226 g/mol. The van der Waals surface area contributed by atoms with Gasteiger partial charge >= 0.3 is 5.97 Å². The minimum Gasteiger partial charge on any atom is -0.459 e. The number of benzene rings is 1. The summed E-state index contributed by atoms with van der Waals surface area (Å²) in [6, 6.07) is 5.48. The van der Waals surface area contributed by atoms with Gasteiger partial charge in [0.05, 0.1) is 5.56 Å². The fourth-order valence-electron chi connectivity index (χ4n) is 2.53. The maximum Gasteiger partial charge on any atom is 0.340 e. The summed E-state index contributed by atoms with van der Waals surface area (Å²) in [7, 11) is 0. The second kappa shape index (κ2) is 5.42. The van der Waals surface area contributed by atoms with Gasteiger partial charge in [0.15, 0.2) is 0 Å². The van der Waals surface area contributed by atoms with Crippen molar-refractivity contribution in [1.82, 2.24) is 0 Å². The lowest BCUT2D eigenvalue weighted by Gasteiger charge is -2.26. The molecule has 0 radical (unpaired) electrons. The van der Waals surface area contributed by atoms with E-state index < -0.39 is 0 Å². The molecule has 0 aliphatic heterocycles. The van der Waals surface area contributed by atoms with Crippen molar-refractivity contribution in [3.63, 3.8) is 0 Å². The van der Waals surface area contributed by atoms with Gasteiger partial charge < -0.3 is 10.5 Å². The molecule has 2 rings (SSSR count). The molecule has 0 spiro atoms. The zero-order valence-corrected chi connectivity index (χ0v) is 11.1. The molecule has 1 fully saturated rings. The Balaban J connectivity index is 2.04. The van der Waals surface area contributed by atoms with Crippen molar-refractivity contribution in [3.8, 4) is 0 Å². The first kappa shape index (κ1) is 12.9. The van der Waals surface area contributed by atoms with E-state index in [4.69, 9.17) is 10.5 Å². The molecule has 98 valence electrons. The van der Waals surface area contributed by atoms with Crippen LogP contribution in [0.1, 0.15) is 48.5 Å². The number of aryl methyl sites for hydroxylation is 1. The van der Waals surface area contributed by atoms with Crippen LogP contribution in [0.3, 0.4) is 0 Å². The summed E-state index contributed by atoms with van der Waals surface area (Å²) in [6.07, 6.45) is 4.28. The highest BCUT2D eigenvalue weighted by atomic mass is 16.5. The van der Waals surface area contributed by atoms with Gasteiger partial charge in [-0.2, -0.15) is 0 Å². The predicted octanol–water partition coefficient (Wildman–Crippen LogP) is 3.31. The van der Waals surface area contributed by atoms with Gasteiger partial charge in [-0.25, -0.2) is 4.79 Å². The van der Waals surface area contributed by atoms with Crippen LogP contribution in [-0.4, -0.2) is 12.1 Å². The van der Waals surface area contributed by atoms with E-state index in [2.05, 4.69) is 6.92 Å². The molecule has 3 nitrogen and oxygen atoms in total. The molecule has 0 amide bonds. The number of carbonyl (C=O) groups is 1. The second-order valence-electron chi connectivity index (χ2n) is 5.33. The number of rotatable bonds is 2. The first-order valence-electron chi connectivity index (χ1n) is 6.64. The van der Waals surface area contributed by atoms with E-state index in [1.54, 1.807) is 6.07 Å². The van der Waals surface area contributed by atoms with Crippen molar-refractivity contribution >= 4 is 11.7 Å². The molecule has 1 aliphatic carbocycles. The van der Waals surface area contributed by atoms with E-state index in [-0.39, 0.29) is 12.1 Å². The zero-order valence-electron chi connectivity index (χ0n) is 11.1. The van der Waals surface area contributed by atoms with Gasteiger partial charge in [-0.3, -0.25) is 0 Å². The summed E-state index contributed by atoms with van der Waals surface area (Å²) in [4.78, 5) is 12.1. The number of esters is 1. The SMILES string of the molecule is Cc1cccc(N)c1C(=O)OC1CCC(C)CC1. The minimum atomic E-state index is -0.273. The Kier molecular flexibility index (Phi) is 3.90. The average molecular weight is 247 g/mol. The second-order valence-corrected chi connectivity index (χ2v) is 5.33. The minimum absolute atomic E-state index is 0.0627. The summed E-state index contributed by atoms with van der Waals surface area (Å²) in [5.74, 6) is 0.480. The van der Waals surface area contributed by atoms with E-state index in [9.17, 15) is 4.79 Å². The van der Waals surface area contributed by atoms with Crippen molar-refractivity contribution in [2.24, 2.45) is 5.92 Å². The number of anilines is 1. The number of carbonyl (C=O) groups excluding carboxylic acids is 1. The van der Waals surface area contributed by atoms with Crippen molar-refractivity contribution in [2.45, 2.75) is 45.6 Å². The van der Waals surface area contributed by atoms with Crippen molar-refractivity contribution < 1.29 is 9.53 Å². The monoisotopic (exact) mass is 247 g/mol. The highest BCUT2D eigenvalue weighted by Crippen LogP contribution is 2.27. The predicted molar refractivity (Wildman–Crippen MR) is 72.4 cm³/mol. The maximum absolute atomic E-state index is 12.1. The third-order valence-corrected chi connectivity index (χ3v) is 3.75. The van der Waals surface area contributed by atoms with Gasteiger partial charge in [0.1, 0.15) is 6.10 Å². The molecule has 1 saturated carbocycles. The van der Waals surface area contributed by atoms with Gasteiger partial charge in [0, 0.05) is 5.69 Å². The Bertz CT molecular complexity index is 414. The lowest BCUT2D eigenvalue weighted by Crippen LogP contribution is -2.24. The number of hydrogen-bond donors (Lipinski definition) is 1. The van der Waals surface area contributed by atoms with Gasteiger partial charge in [-0.1, -0.05) is 19.1 Å². The highest BCUT2D eigenvalue weighted by Gasteiger charge is 2.23. The Hall–Kier alpha value is -1.51. The van der Waals surface area contributed by atoms with Crippen molar-refractivity contribution in [3.05, 3.63) is 29.3 Å². The normalized spacial score (nSPS) is 23.7. The van der Waals surface area contributed by atoms with E-state index in [0.717, 1.165) is 37.2 Å². The quantitative estimate of drug-likeness (QED) is 0.644. The largest absolute Gasteiger partial charge is 0.459 e. The van der Waals surface area contributed by atoms with Crippen molar-refractivity contribution in [2.75, 3.05) is 5.73 Å². The summed E-state index contributed by atoms with van der Waals surface area (Å²) in [6.45, 7) is 4.13. The zero-order chi connectivity index (χ0) is 13.1. The molecule has 3 heteroatoms. The molecule has 1 aromatic carbocycles. The standard InChI is InChI=1S/C15H21NO2/c1-10-6-8-12(9-7-10)18-15(17)14-11(2)4-3-5-13(14)16/h3-5,10,12H,6-9,16H2,1-2H3. The molecule has 2 N–H and O–H groups in total. The molecular formula is C15H21NO2. The average Bonchev–Trinajstić information content (AvgIpc) is 2.32. The lowest BCUT2D eigenvalue weighted by molar-refractivity contribution is 0.0174. The Morgan fingerprint density at radius 2 is 1.94 bits per heavy atom. The summed E-state index contributed by atoms with van der Waals surface area (Å²) < 4.78 is 5.57. The third-order valence-electron chi connectivity index (χ3n) is 3.75. The summed E-state index contributed by atoms with van der Waals surface area (Å²) >= 11 is 0.